The van der Waals surface area contributed by atoms with E-state index in [1.165, 1.54) is 25.3 Å². The number of hydrogen-bond acceptors (Lipinski definition) is 3. The predicted octanol–water partition coefficient (Wildman–Crippen LogP) is 2.05. The number of hydrogen-bond donors (Lipinski definition) is 1. The molecule has 1 unspecified atom stereocenters. The number of β-amino-alcohol motifs (C(OH)–C–C–N with tert-alkyl or cyclic N) is 1. The molecule has 1 heterocycles. The van der Waals surface area contributed by atoms with Gasteiger partial charge in [0.25, 0.3) is 5.91 Å². The van der Waals surface area contributed by atoms with Crippen LogP contribution in [0, 0.1) is 18.7 Å². The largest absolute Gasteiger partial charge is 0.390 e. The van der Waals surface area contributed by atoms with Crippen LogP contribution in [0.15, 0.2) is 18.2 Å². The summed E-state index contributed by atoms with van der Waals surface area (Å²) in [6, 6.07) is 4.91. The van der Waals surface area contributed by atoms with Crippen molar-refractivity contribution in [1.82, 2.24) is 9.80 Å². The third kappa shape index (κ3) is 3.40. The van der Waals surface area contributed by atoms with Crippen molar-refractivity contribution in [3.8, 4) is 0 Å². The highest BCUT2D eigenvalue weighted by Crippen LogP contribution is 2.34. The first-order valence-corrected chi connectivity index (χ1v) is 8.39. The molecular weight excluding hydrogens is 295 g/mol. The SMILES string of the molecule is Cc1ccc(F)c(C(=O)N(C)CC(C2CCC2)N2CC(O)C2)c1. The van der Waals surface area contributed by atoms with Gasteiger partial charge in [-0.25, -0.2) is 4.39 Å². The second-order valence-corrected chi connectivity index (χ2v) is 7.04. The molecule has 126 valence electrons. The third-order valence-electron chi connectivity index (χ3n) is 5.21. The molecule has 1 atom stereocenters. The molecule has 1 aliphatic heterocycles. The number of rotatable bonds is 5. The Kier molecular flexibility index (Phi) is 4.69. The molecule has 4 nitrogen and oxygen atoms in total. The molecule has 0 spiro atoms. The van der Waals surface area contributed by atoms with E-state index in [2.05, 4.69) is 4.90 Å². The summed E-state index contributed by atoms with van der Waals surface area (Å²) < 4.78 is 13.9. The quantitative estimate of drug-likeness (QED) is 0.903. The molecule has 0 aromatic heterocycles. The number of aryl methyl sites for hydroxylation is 1. The average molecular weight is 320 g/mol. The minimum absolute atomic E-state index is 0.142. The topological polar surface area (TPSA) is 43.8 Å². The summed E-state index contributed by atoms with van der Waals surface area (Å²) in [5.41, 5.74) is 1.02. The van der Waals surface area contributed by atoms with Gasteiger partial charge in [0.2, 0.25) is 0 Å². The lowest BCUT2D eigenvalue weighted by Crippen LogP contribution is -2.61. The van der Waals surface area contributed by atoms with E-state index in [1.807, 2.05) is 6.92 Å². The number of benzene rings is 1. The van der Waals surface area contributed by atoms with Gasteiger partial charge in [-0.05, 0) is 37.8 Å². The molecule has 23 heavy (non-hydrogen) atoms. The van der Waals surface area contributed by atoms with E-state index < -0.39 is 5.82 Å². The van der Waals surface area contributed by atoms with Gasteiger partial charge in [-0.15, -0.1) is 0 Å². The summed E-state index contributed by atoms with van der Waals surface area (Å²) in [6.45, 7) is 3.81. The average Bonchev–Trinajstić information content (AvgIpc) is 2.43. The molecule has 1 amide bonds. The Balaban J connectivity index is 1.69. The van der Waals surface area contributed by atoms with Crippen molar-refractivity contribution in [2.75, 3.05) is 26.7 Å². The van der Waals surface area contributed by atoms with E-state index in [1.54, 1.807) is 24.1 Å². The van der Waals surface area contributed by atoms with Crippen molar-refractivity contribution in [1.29, 1.82) is 0 Å². The highest BCUT2D eigenvalue weighted by Gasteiger charge is 2.38. The van der Waals surface area contributed by atoms with Gasteiger partial charge in [-0.2, -0.15) is 0 Å². The lowest BCUT2D eigenvalue weighted by atomic mass is 9.78. The van der Waals surface area contributed by atoms with Gasteiger partial charge < -0.3 is 10.0 Å². The maximum atomic E-state index is 13.9. The van der Waals surface area contributed by atoms with Gasteiger partial charge in [0.15, 0.2) is 0 Å². The fourth-order valence-electron chi connectivity index (χ4n) is 3.52. The number of likely N-dealkylation sites (N-methyl/N-ethyl adjacent to an activating group) is 1. The lowest BCUT2D eigenvalue weighted by molar-refractivity contribution is -0.0555. The molecule has 1 N–H and O–H groups in total. The van der Waals surface area contributed by atoms with Crippen LogP contribution in [0.5, 0.6) is 0 Å². The van der Waals surface area contributed by atoms with Gasteiger partial charge in [-0.3, -0.25) is 9.69 Å². The number of aliphatic hydroxyl groups excluding tert-OH is 1. The second-order valence-electron chi connectivity index (χ2n) is 7.04. The Morgan fingerprint density at radius 2 is 2.13 bits per heavy atom. The molecule has 1 aliphatic carbocycles. The summed E-state index contributed by atoms with van der Waals surface area (Å²) in [5, 5.41) is 9.56. The van der Waals surface area contributed by atoms with E-state index in [0.29, 0.717) is 25.6 Å². The van der Waals surface area contributed by atoms with Gasteiger partial charge in [0.1, 0.15) is 5.82 Å². The van der Waals surface area contributed by atoms with Crippen molar-refractivity contribution in [2.45, 2.75) is 38.3 Å². The van der Waals surface area contributed by atoms with E-state index in [-0.39, 0.29) is 23.6 Å². The van der Waals surface area contributed by atoms with Gasteiger partial charge in [0, 0.05) is 32.7 Å². The zero-order valence-electron chi connectivity index (χ0n) is 13.8. The minimum atomic E-state index is -0.466. The first kappa shape index (κ1) is 16.4. The number of aliphatic hydroxyl groups is 1. The molecule has 5 heteroatoms. The van der Waals surface area contributed by atoms with Crippen LogP contribution in [0.3, 0.4) is 0 Å². The first-order chi connectivity index (χ1) is 11.0. The molecule has 1 saturated heterocycles. The van der Waals surface area contributed by atoms with Gasteiger partial charge in [-0.1, -0.05) is 18.1 Å². The number of nitrogens with zero attached hydrogens (tertiary/aromatic N) is 2. The molecule has 1 aromatic rings. The van der Waals surface area contributed by atoms with E-state index in [0.717, 1.165) is 5.56 Å². The highest BCUT2D eigenvalue weighted by atomic mass is 19.1. The van der Waals surface area contributed by atoms with E-state index >= 15 is 0 Å². The standard InChI is InChI=1S/C18H25FN2O2/c1-12-6-7-16(19)15(8-12)18(23)20(2)11-17(13-4-3-5-13)21-9-14(22)10-21/h6-8,13-14,17,22H,3-5,9-11H2,1-2H3. The molecule has 1 saturated carbocycles. The molecule has 0 radical (unpaired) electrons. The minimum Gasteiger partial charge on any atom is -0.390 e. The van der Waals surface area contributed by atoms with Crippen LogP contribution in [0.4, 0.5) is 4.39 Å². The number of carbonyl (C=O) groups excluding carboxylic acids is 1. The summed E-state index contributed by atoms with van der Waals surface area (Å²) in [6.07, 6.45) is 3.35. The Labute approximate surface area is 136 Å². The maximum Gasteiger partial charge on any atom is 0.256 e. The maximum absolute atomic E-state index is 13.9. The number of amides is 1. The number of likely N-dealkylation sites (tertiary alicyclic amines) is 1. The summed E-state index contributed by atoms with van der Waals surface area (Å²) in [7, 11) is 1.74. The fourth-order valence-corrected chi connectivity index (χ4v) is 3.52. The third-order valence-corrected chi connectivity index (χ3v) is 5.21. The first-order valence-electron chi connectivity index (χ1n) is 8.39. The van der Waals surface area contributed by atoms with Crippen LogP contribution in [0.25, 0.3) is 0 Å². The molecule has 1 aromatic carbocycles. The van der Waals surface area contributed by atoms with Gasteiger partial charge in [0.05, 0.1) is 11.7 Å². The summed E-state index contributed by atoms with van der Waals surface area (Å²) >= 11 is 0. The zero-order chi connectivity index (χ0) is 16.6. The van der Waals surface area contributed by atoms with Gasteiger partial charge >= 0.3 is 0 Å². The fraction of sp³-hybridized carbons (Fsp3) is 0.611. The van der Waals surface area contributed by atoms with Crippen LogP contribution in [0.2, 0.25) is 0 Å². The molecule has 2 fully saturated rings. The normalized spacial score (nSPS) is 20.7. The Hall–Kier alpha value is -1.46. The van der Waals surface area contributed by atoms with Crippen molar-refractivity contribution in [2.24, 2.45) is 5.92 Å². The number of halogens is 1. The van der Waals surface area contributed by atoms with Crippen LogP contribution >= 0.6 is 0 Å². The monoisotopic (exact) mass is 320 g/mol. The second kappa shape index (κ2) is 6.57. The van der Waals surface area contributed by atoms with Crippen LogP contribution < -0.4 is 0 Å². The lowest BCUT2D eigenvalue weighted by Gasteiger charge is -2.48. The molecular formula is C18H25FN2O2. The van der Waals surface area contributed by atoms with Crippen LogP contribution in [-0.4, -0.2) is 59.6 Å². The molecule has 2 aliphatic rings. The highest BCUT2D eigenvalue weighted by molar-refractivity contribution is 5.94. The molecule has 0 bridgehead atoms. The van der Waals surface area contributed by atoms with Crippen LogP contribution in [0.1, 0.15) is 35.2 Å². The van der Waals surface area contributed by atoms with Crippen molar-refractivity contribution in [3.63, 3.8) is 0 Å². The zero-order valence-corrected chi connectivity index (χ0v) is 13.8. The summed E-state index contributed by atoms with van der Waals surface area (Å²) in [5.74, 6) is -0.149. The van der Waals surface area contributed by atoms with Crippen LogP contribution in [-0.2, 0) is 0 Å². The van der Waals surface area contributed by atoms with E-state index in [4.69, 9.17) is 0 Å². The number of carbonyl (C=O) groups is 1. The van der Waals surface area contributed by atoms with Crippen molar-refractivity contribution < 1.29 is 14.3 Å². The Morgan fingerprint density at radius 3 is 2.70 bits per heavy atom. The Morgan fingerprint density at radius 1 is 1.43 bits per heavy atom. The molecule has 3 rings (SSSR count). The van der Waals surface area contributed by atoms with E-state index in [9.17, 15) is 14.3 Å². The predicted molar refractivity (Wildman–Crippen MR) is 86.8 cm³/mol. The van der Waals surface area contributed by atoms with Crippen molar-refractivity contribution in [3.05, 3.63) is 35.1 Å². The summed E-state index contributed by atoms with van der Waals surface area (Å²) in [4.78, 5) is 16.5. The smallest absolute Gasteiger partial charge is 0.256 e. The van der Waals surface area contributed by atoms with Crippen molar-refractivity contribution >= 4 is 5.91 Å². The Bertz CT molecular complexity index is 582.